The topological polar surface area (TPSA) is 77.2 Å². The quantitative estimate of drug-likeness (QED) is 0.876. The normalized spacial score (nSPS) is 20.1. The van der Waals surface area contributed by atoms with Crippen LogP contribution >= 0.6 is 0 Å². The molecular formula is C12H19N3O3. The molecule has 0 unspecified atom stereocenters. The second kappa shape index (κ2) is 5.06. The lowest BCUT2D eigenvalue weighted by Gasteiger charge is -2.16. The number of rotatable bonds is 3. The Morgan fingerprint density at radius 2 is 2.28 bits per heavy atom. The molecule has 0 bridgehead atoms. The summed E-state index contributed by atoms with van der Waals surface area (Å²) in [6, 6.07) is 0. The molecule has 1 aromatic rings. The van der Waals surface area contributed by atoms with E-state index in [9.17, 15) is 4.79 Å². The van der Waals surface area contributed by atoms with Crippen molar-refractivity contribution in [3.05, 3.63) is 11.7 Å². The van der Waals surface area contributed by atoms with E-state index in [1.54, 1.807) is 0 Å². The number of carbonyl (C=O) groups excluding carboxylic acids is 1. The fourth-order valence-corrected chi connectivity index (χ4v) is 1.66. The highest BCUT2D eigenvalue weighted by atomic mass is 16.5. The van der Waals surface area contributed by atoms with Crippen molar-refractivity contribution in [2.24, 2.45) is 5.41 Å². The van der Waals surface area contributed by atoms with Crippen LogP contribution in [-0.2, 0) is 16.1 Å². The predicted octanol–water partition coefficient (Wildman–Crippen LogP) is 1.24. The van der Waals surface area contributed by atoms with Crippen LogP contribution in [0.2, 0.25) is 0 Å². The molecule has 0 aromatic carbocycles. The van der Waals surface area contributed by atoms with Gasteiger partial charge in [0.25, 0.3) is 0 Å². The van der Waals surface area contributed by atoms with E-state index in [-0.39, 0.29) is 18.4 Å². The Morgan fingerprint density at radius 3 is 2.89 bits per heavy atom. The number of amides is 1. The van der Waals surface area contributed by atoms with E-state index in [1.807, 2.05) is 20.8 Å². The molecular weight excluding hydrogens is 234 g/mol. The molecule has 1 atom stereocenters. The zero-order valence-electron chi connectivity index (χ0n) is 11.0. The summed E-state index contributed by atoms with van der Waals surface area (Å²) in [6.07, 6.45) is 0.924. The Kier molecular flexibility index (Phi) is 3.65. The first kappa shape index (κ1) is 13.0. The third-order valence-electron chi connectivity index (χ3n) is 2.86. The number of ether oxygens (including phenoxy) is 1. The molecule has 6 heteroatoms. The van der Waals surface area contributed by atoms with Crippen molar-refractivity contribution in [3.63, 3.8) is 0 Å². The largest absolute Gasteiger partial charge is 0.381 e. The fraction of sp³-hybridized carbons (Fsp3) is 0.750. The van der Waals surface area contributed by atoms with E-state index in [0.717, 1.165) is 13.0 Å². The molecule has 1 N–H and O–H groups in total. The predicted molar refractivity (Wildman–Crippen MR) is 63.8 cm³/mol. The van der Waals surface area contributed by atoms with Crippen LogP contribution in [0.3, 0.4) is 0 Å². The van der Waals surface area contributed by atoms with Gasteiger partial charge < -0.3 is 14.6 Å². The van der Waals surface area contributed by atoms with E-state index >= 15 is 0 Å². The molecule has 1 saturated heterocycles. The highest BCUT2D eigenvalue weighted by Crippen LogP contribution is 2.22. The second-order valence-corrected chi connectivity index (χ2v) is 5.54. The van der Waals surface area contributed by atoms with Crippen molar-refractivity contribution in [1.29, 1.82) is 0 Å². The van der Waals surface area contributed by atoms with Crippen LogP contribution < -0.4 is 5.32 Å². The third-order valence-corrected chi connectivity index (χ3v) is 2.86. The van der Waals surface area contributed by atoms with Gasteiger partial charge in [0, 0.05) is 17.9 Å². The van der Waals surface area contributed by atoms with Gasteiger partial charge in [-0.1, -0.05) is 25.9 Å². The Hall–Kier alpha value is -1.43. The van der Waals surface area contributed by atoms with Crippen LogP contribution in [0.25, 0.3) is 0 Å². The van der Waals surface area contributed by atoms with Gasteiger partial charge in [0.15, 0.2) is 5.82 Å². The Bertz CT molecular complexity index is 416. The number of nitrogens with zero attached hydrogens (tertiary/aromatic N) is 2. The summed E-state index contributed by atoms with van der Waals surface area (Å²) >= 11 is 0. The molecule has 1 aromatic heterocycles. The first-order chi connectivity index (χ1) is 8.47. The molecule has 0 radical (unpaired) electrons. The summed E-state index contributed by atoms with van der Waals surface area (Å²) in [7, 11) is 0. The SMILES string of the molecule is CC(C)(C)C(=O)NCc1nc([C@H]2CCOC2)no1. The number of aromatic nitrogens is 2. The molecule has 2 heterocycles. The smallest absolute Gasteiger partial charge is 0.246 e. The Balaban J connectivity index is 1.89. The molecule has 1 aliphatic heterocycles. The molecule has 100 valence electrons. The van der Waals surface area contributed by atoms with Gasteiger partial charge in [0.2, 0.25) is 11.8 Å². The molecule has 0 spiro atoms. The van der Waals surface area contributed by atoms with Crippen molar-refractivity contribution in [2.45, 2.75) is 39.7 Å². The minimum Gasteiger partial charge on any atom is -0.381 e. The van der Waals surface area contributed by atoms with E-state index in [4.69, 9.17) is 9.26 Å². The zero-order chi connectivity index (χ0) is 13.2. The molecule has 0 saturated carbocycles. The lowest BCUT2D eigenvalue weighted by molar-refractivity contribution is -0.128. The van der Waals surface area contributed by atoms with Gasteiger partial charge in [-0.3, -0.25) is 4.79 Å². The van der Waals surface area contributed by atoms with Crippen LogP contribution in [0.5, 0.6) is 0 Å². The third kappa shape index (κ3) is 3.07. The van der Waals surface area contributed by atoms with Crippen LogP contribution in [0, 0.1) is 5.41 Å². The lowest BCUT2D eigenvalue weighted by atomic mass is 9.96. The number of hydrogen-bond donors (Lipinski definition) is 1. The lowest BCUT2D eigenvalue weighted by Crippen LogP contribution is -2.34. The first-order valence-corrected chi connectivity index (χ1v) is 6.15. The van der Waals surface area contributed by atoms with Gasteiger partial charge >= 0.3 is 0 Å². The van der Waals surface area contributed by atoms with Crippen molar-refractivity contribution in [2.75, 3.05) is 13.2 Å². The molecule has 6 nitrogen and oxygen atoms in total. The van der Waals surface area contributed by atoms with Crippen molar-refractivity contribution in [1.82, 2.24) is 15.5 Å². The van der Waals surface area contributed by atoms with Crippen LogP contribution in [-0.4, -0.2) is 29.3 Å². The standard InChI is InChI=1S/C12H19N3O3/c1-12(2,3)11(16)13-6-9-14-10(15-18-9)8-4-5-17-7-8/h8H,4-7H2,1-3H3,(H,13,16)/t8-/m0/s1. The summed E-state index contributed by atoms with van der Waals surface area (Å²) < 4.78 is 10.4. The zero-order valence-corrected chi connectivity index (χ0v) is 11.0. The van der Waals surface area contributed by atoms with Gasteiger partial charge in [-0.15, -0.1) is 0 Å². The van der Waals surface area contributed by atoms with Crippen LogP contribution in [0.15, 0.2) is 4.52 Å². The highest BCUT2D eigenvalue weighted by molar-refractivity contribution is 5.81. The van der Waals surface area contributed by atoms with Crippen molar-refractivity contribution in [3.8, 4) is 0 Å². The van der Waals surface area contributed by atoms with Crippen molar-refractivity contribution < 1.29 is 14.1 Å². The highest BCUT2D eigenvalue weighted by Gasteiger charge is 2.24. The van der Waals surface area contributed by atoms with E-state index < -0.39 is 5.41 Å². The van der Waals surface area contributed by atoms with Gasteiger partial charge in [-0.25, -0.2) is 0 Å². The summed E-state index contributed by atoms with van der Waals surface area (Å²) in [4.78, 5) is 16.0. The average molecular weight is 253 g/mol. The maximum absolute atomic E-state index is 11.7. The fourth-order valence-electron chi connectivity index (χ4n) is 1.66. The van der Waals surface area contributed by atoms with E-state index in [2.05, 4.69) is 15.5 Å². The minimum atomic E-state index is -0.415. The summed E-state index contributed by atoms with van der Waals surface area (Å²) in [5.41, 5.74) is -0.415. The maximum atomic E-state index is 11.7. The van der Waals surface area contributed by atoms with Gasteiger partial charge in [0.1, 0.15) is 0 Å². The summed E-state index contributed by atoms with van der Waals surface area (Å²) in [5.74, 6) is 1.30. The van der Waals surface area contributed by atoms with E-state index in [0.29, 0.717) is 18.3 Å². The molecule has 1 fully saturated rings. The molecule has 2 rings (SSSR count). The first-order valence-electron chi connectivity index (χ1n) is 6.15. The van der Waals surface area contributed by atoms with Crippen LogP contribution in [0.1, 0.15) is 44.8 Å². The maximum Gasteiger partial charge on any atom is 0.246 e. The number of hydrogen-bond acceptors (Lipinski definition) is 5. The number of nitrogens with one attached hydrogen (secondary N) is 1. The summed E-state index contributed by atoms with van der Waals surface area (Å²) in [6.45, 7) is 7.24. The van der Waals surface area contributed by atoms with Gasteiger partial charge in [-0.05, 0) is 6.42 Å². The molecule has 0 aliphatic carbocycles. The van der Waals surface area contributed by atoms with Gasteiger partial charge in [-0.2, -0.15) is 4.98 Å². The van der Waals surface area contributed by atoms with Crippen LogP contribution in [0.4, 0.5) is 0 Å². The second-order valence-electron chi connectivity index (χ2n) is 5.54. The molecule has 1 amide bonds. The van der Waals surface area contributed by atoms with Gasteiger partial charge in [0.05, 0.1) is 13.2 Å². The number of carbonyl (C=O) groups is 1. The molecule has 1 aliphatic rings. The monoisotopic (exact) mass is 253 g/mol. The molecule has 18 heavy (non-hydrogen) atoms. The average Bonchev–Trinajstić information content (AvgIpc) is 2.94. The van der Waals surface area contributed by atoms with E-state index in [1.165, 1.54) is 0 Å². The Morgan fingerprint density at radius 1 is 1.50 bits per heavy atom. The minimum absolute atomic E-state index is 0.0357. The Labute approximate surface area is 106 Å². The summed E-state index contributed by atoms with van der Waals surface area (Å²) in [5, 5.41) is 6.70. The van der Waals surface area contributed by atoms with Crippen molar-refractivity contribution >= 4 is 5.91 Å².